The molecule has 162 valence electrons. The lowest BCUT2D eigenvalue weighted by Gasteiger charge is -2.26. The minimum absolute atomic E-state index is 0.131. The number of piperidine rings is 1. The highest BCUT2D eigenvalue weighted by Gasteiger charge is 2.26. The zero-order chi connectivity index (χ0) is 21.7. The van der Waals surface area contributed by atoms with Crippen LogP contribution in [0.15, 0.2) is 41.3 Å². The highest BCUT2D eigenvalue weighted by molar-refractivity contribution is 7.89. The van der Waals surface area contributed by atoms with Crippen LogP contribution in [0.5, 0.6) is 5.75 Å². The van der Waals surface area contributed by atoms with Crippen LogP contribution in [0.1, 0.15) is 31.2 Å². The molecule has 0 spiro atoms. The molecular formula is C21H24Cl2N2O4S. The Balaban J connectivity index is 1.74. The maximum Gasteiger partial charge on any atom is 0.243 e. The highest BCUT2D eigenvalue weighted by atomic mass is 35.5. The van der Waals surface area contributed by atoms with E-state index in [4.69, 9.17) is 27.9 Å². The van der Waals surface area contributed by atoms with Crippen molar-refractivity contribution in [3.05, 3.63) is 52.0 Å². The van der Waals surface area contributed by atoms with Crippen molar-refractivity contribution in [1.82, 2.24) is 4.31 Å². The summed E-state index contributed by atoms with van der Waals surface area (Å²) in [5.41, 5.74) is 1.09. The summed E-state index contributed by atoms with van der Waals surface area (Å²) >= 11 is 12.0. The highest BCUT2D eigenvalue weighted by Crippen LogP contribution is 2.28. The van der Waals surface area contributed by atoms with Crippen LogP contribution >= 0.6 is 23.2 Å². The zero-order valence-corrected chi connectivity index (χ0v) is 19.0. The number of anilines is 1. The quantitative estimate of drug-likeness (QED) is 0.633. The van der Waals surface area contributed by atoms with Crippen molar-refractivity contribution >= 4 is 44.8 Å². The molecule has 9 heteroatoms. The summed E-state index contributed by atoms with van der Waals surface area (Å²) in [6.07, 6.45) is 3.23. The second-order valence-electron chi connectivity index (χ2n) is 7.11. The number of methoxy groups -OCH3 is 1. The van der Waals surface area contributed by atoms with Crippen LogP contribution in [0.4, 0.5) is 5.69 Å². The van der Waals surface area contributed by atoms with Crippen molar-refractivity contribution in [2.75, 3.05) is 25.5 Å². The SMILES string of the molecule is COc1ccc(S(=O)(=O)N2CCCCC2)cc1CCC(=O)Nc1cc(Cl)ccc1Cl. The van der Waals surface area contributed by atoms with Crippen molar-refractivity contribution < 1.29 is 17.9 Å². The number of nitrogens with one attached hydrogen (secondary N) is 1. The summed E-state index contributed by atoms with van der Waals surface area (Å²) < 4.78 is 32.8. The Hall–Kier alpha value is -1.80. The lowest BCUT2D eigenvalue weighted by Crippen LogP contribution is -2.35. The lowest BCUT2D eigenvalue weighted by atomic mass is 10.1. The third kappa shape index (κ3) is 5.46. The van der Waals surface area contributed by atoms with E-state index < -0.39 is 10.0 Å². The van der Waals surface area contributed by atoms with E-state index in [-0.39, 0.29) is 17.2 Å². The van der Waals surface area contributed by atoms with Gasteiger partial charge in [0.1, 0.15) is 5.75 Å². The molecule has 0 radical (unpaired) electrons. The average molecular weight is 471 g/mol. The van der Waals surface area contributed by atoms with Crippen LogP contribution in [0.3, 0.4) is 0 Å². The third-order valence-corrected chi connectivity index (χ3v) is 7.49. The Bertz CT molecular complexity index is 1020. The van der Waals surface area contributed by atoms with E-state index in [1.54, 1.807) is 36.4 Å². The first-order valence-electron chi connectivity index (χ1n) is 9.73. The van der Waals surface area contributed by atoms with Gasteiger partial charge in [0.2, 0.25) is 15.9 Å². The van der Waals surface area contributed by atoms with Crippen LogP contribution in [0.2, 0.25) is 10.0 Å². The number of carbonyl (C=O) groups is 1. The molecule has 0 unspecified atom stereocenters. The topological polar surface area (TPSA) is 75.7 Å². The van der Waals surface area contributed by atoms with Crippen LogP contribution in [0, 0.1) is 0 Å². The van der Waals surface area contributed by atoms with E-state index in [1.165, 1.54) is 11.4 Å². The fourth-order valence-electron chi connectivity index (χ4n) is 3.42. The minimum atomic E-state index is -3.56. The molecule has 2 aromatic rings. The summed E-state index contributed by atoms with van der Waals surface area (Å²) in [7, 11) is -2.04. The molecule has 0 aromatic heterocycles. The number of halogens is 2. The molecule has 1 N–H and O–H groups in total. The summed E-state index contributed by atoms with van der Waals surface area (Å²) in [4.78, 5) is 12.6. The number of rotatable bonds is 7. The molecular weight excluding hydrogens is 447 g/mol. The van der Waals surface area contributed by atoms with Crippen molar-refractivity contribution in [3.8, 4) is 5.75 Å². The Morgan fingerprint density at radius 2 is 1.83 bits per heavy atom. The molecule has 6 nitrogen and oxygen atoms in total. The van der Waals surface area contributed by atoms with Gasteiger partial charge in [-0.3, -0.25) is 4.79 Å². The van der Waals surface area contributed by atoms with Gasteiger partial charge in [0.15, 0.2) is 0 Å². The molecule has 1 saturated heterocycles. The summed E-state index contributed by atoms with van der Waals surface area (Å²) in [6.45, 7) is 1.07. The van der Waals surface area contributed by atoms with Gasteiger partial charge in [-0.2, -0.15) is 4.31 Å². The number of benzene rings is 2. The van der Waals surface area contributed by atoms with Crippen LogP contribution in [0.25, 0.3) is 0 Å². The molecule has 1 fully saturated rings. The molecule has 1 amide bonds. The number of nitrogens with zero attached hydrogens (tertiary/aromatic N) is 1. The Labute approximate surface area is 187 Å². The van der Waals surface area contributed by atoms with Gasteiger partial charge in [-0.05, 0) is 61.2 Å². The molecule has 1 aliphatic rings. The normalized spacial score (nSPS) is 15.0. The number of hydrogen-bond acceptors (Lipinski definition) is 4. The van der Waals surface area contributed by atoms with E-state index in [1.807, 2.05) is 0 Å². The number of amides is 1. The number of hydrogen-bond donors (Lipinski definition) is 1. The van der Waals surface area contributed by atoms with E-state index in [0.29, 0.717) is 46.6 Å². The second kappa shape index (κ2) is 10.0. The Morgan fingerprint density at radius 3 is 2.53 bits per heavy atom. The second-order valence-corrected chi connectivity index (χ2v) is 9.89. The van der Waals surface area contributed by atoms with Crippen molar-refractivity contribution in [3.63, 3.8) is 0 Å². The Kier molecular flexibility index (Phi) is 7.63. The maximum atomic E-state index is 13.0. The summed E-state index contributed by atoms with van der Waals surface area (Å²) in [6, 6.07) is 9.61. The molecule has 3 rings (SSSR count). The Morgan fingerprint density at radius 1 is 1.10 bits per heavy atom. The van der Waals surface area contributed by atoms with Gasteiger partial charge in [0.05, 0.1) is 22.7 Å². The first kappa shape index (κ1) is 22.9. The average Bonchev–Trinajstić information content (AvgIpc) is 2.75. The smallest absolute Gasteiger partial charge is 0.243 e. The summed E-state index contributed by atoms with van der Waals surface area (Å²) in [5.74, 6) is 0.284. The third-order valence-electron chi connectivity index (χ3n) is 5.03. The van der Waals surface area contributed by atoms with Crippen molar-refractivity contribution in [2.45, 2.75) is 37.0 Å². The maximum absolute atomic E-state index is 13.0. The van der Waals surface area contributed by atoms with Crippen LogP contribution in [-0.2, 0) is 21.2 Å². The van der Waals surface area contributed by atoms with Crippen molar-refractivity contribution in [2.24, 2.45) is 0 Å². The summed E-state index contributed by atoms with van der Waals surface area (Å²) in [5, 5.41) is 3.59. The van der Waals surface area contributed by atoms with Gasteiger partial charge in [0.25, 0.3) is 0 Å². The monoisotopic (exact) mass is 470 g/mol. The van der Waals surface area contributed by atoms with E-state index in [2.05, 4.69) is 5.32 Å². The number of sulfonamides is 1. The number of ether oxygens (including phenoxy) is 1. The fourth-order valence-corrected chi connectivity index (χ4v) is 5.32. The molecule has 1 heterocycles. The fraction of sp³-hybridized carbons (Fsp3) is 0.381. The molecule has 0 bridgehead atoms. The number of carbonyl (C=O) groups excluding carboxylic acids is 1. The largest absolute Gasteiger partial charge is 0.496 e. The minimum Gasteiger partial charge on any atom is -0.496 e. The van der Waals surface area contributed by atoms with Gasteiger partial charge in [-0.25, -0.2) is 8.42 Å². The zero-order valence-electron chi connectivity index (χ0n) is 16.7. The van der Waals surface area contributed by atoms with Crippen LogP contribution in [-0.4, -0.2) is 38.8 Å². The van der Waals surface area contributed by atoms with E-state index >= 15 is 0 Å². The number of aryl methyl sites for hydroxylation is 1. The molecule has 0 atom stereocenters. The predicted octanol–water partition coefficient (Wildman–Crippen LogP) is 4.75. The first-order chi connectivity index (χ1) is 14.3. The van der Waals surface area contributed by atoms with E-state index in [9.17, 15) is 13.2 Å². The molecule has 1 aliphatic heterocycles. The first-order valence-corrected chi connectivity index (χ1v) is 11.9. The van der Waals surface area contributed by atoms with Gasteiger partial charge in [0, 0.05) is 24.5 Å². The lowest BCUT2D eigenvalue weighted by molar-refractivity contribution is -0.116. The molecule has 0 saturated carbocycles. The van der Waals surface area contributed by atoms with Crippen molar-refractivity contribution in [1.29, 1.82) is 0 Å². The van der Waals surface area contributed by atoms with Gasteiger partial charge in [-0.15, -0.1) is 0 Å². The molecule has 30 heavy (non-hydrogen) atoms. The van der Waals surface area contributed by atoms with Crippen LogP contribution < -0.4 is 10.1 Å². The van der Waals surface area contributed by atoms with Gasteiger partial charge < -0.3 is 10.1 Å². The standard InChI is InChI=1S/C21H24Cl2N2O4S/c1-29-20-9-7-17(30(27,28)25-11-3-2-4-12-25)13-15(20)5-10-21(26)24-19-14-16(22)6-8-18(19)23/h6-9,13-14H,2-5,10-12H2,1H3,(H,24,26). The predicted molar refractivity (Wildman–Crippen MR) is 119 cm³/mol. The van der Waals surface area contributed by atoms with Gasteiger partial charge in [-0.1, -0.05) is 29.6 Å². The molecule has 2 aromatic carbocycles. The molecule has 0 aliphatic carbocycles. The van der Waals surface area contributed by atoms with Gasteiger partial charge >= 0.3 is 0 Å². The van der Waals surface area contributed by atoms with E-state index in [0.717, 1.165) is 19.3 Å².